The fourth-order valence-electron chi connectivity index (χ4n) is 3.80. The molecule has 45 heavy (non-hydrogen) atoms. The van der Waals surface area contributed by atoms with E-state index in [0.717, 1.165) is 24.3 Å². The molecule has 0 spiro atoms. The van der Waals surface area contributed by atoms with Gasteiger partial charge in [0, 0.05) is 29.8 Å². The van der Waals surface area contributed by atoms with Crippen molar-refractivity contribution in [1.29, 1.82) is 0 Å². The standard InChI is InChI=1S/C24H16N8O12S/c25-16-10-19(33)21(15-6-5-13(30(36)37)9-20(15)45(42,43)44)24(35)22(16)29-27-12-3-1-11(2-4-12)26-28-17-7-14(31(38)39)8-18(23(17)34)32(40)41/h1-10,33-35H,25H2,(H,42,43,44). The third kappa shape index (κ3) is 6.58. The minimum Gasteiger partial charge on any atom is -0.507 e. The predicted molar refractivity (Wildman–Crippen MR) is 152 cm³/mol. The molecule has 0 saturated heterocycles. The zero-order chi connectivity index (χ0) is 33.2. The van der Waals surface area contributed by atoms with Crippen LogP contribution in [-0.2, 0) is 10.1 Å². The number of nitro groups is 3. The number of aromatic hydroxyl groups is 3. The largest absolute Gasteiger partial charge is 0.507 e. The second-order valence-electron chi connectivity index (χ2n) is 8.73. The van der Waals surface area contributed by atoms with Crippen molar-refractivity contribution in [2.75, 3.05) is 5.73 Å². The molecule has 0 radical (unpaired) electrons. The van der Waals surface area contributed by atoms with Gasteiger partial charge in [0.15, 0.2) is 11.4 Å². The second kappa shape index (κ2) is 11.9. The topological polar surface area (TPSA) is 320 Å². The van der Waals surface area contributed by atoms with Gasteiger partial charge in [0.05, 0.1) is 43.5 Å². The number of hydrogen-bond donors (Lipinski definition) is 5. The molecule has 230 valence electrons. The Balaban J connectivity index is 1.67. The maximum Gasteiger partial charge on any atom is 0.319 e. The zero-order valence-corrected chi connectivity index (χ0v) is 22.8. The lowest BCUT2D eigenvalue weighted by Crippen LogP contribution is -2.03. The Hall–Kier alpha value is -6.61. The summed E-state index contributed by atoms with van der Waals surface area (Å²) in [6, 6.07) is 9.83. The molecule has 6 N–H and O–H groups in total. The molecule has 0 fully saturated rings. The van der Waals surface area contributed by atoms with Crippen molar-refractivity contribution in [2.24, 2.45) is 20.5 Å². The van der Waals surface area contributed by atoms with E-state index in [1.54, 1.807) is 0 Å². The molecule has 0 saturated carbocycles. The maximum absolute atomic E-state index is 12.0. The maximum atomic E-state index is 12.0. The van der Waals surface area contributed by atoms with E-state index in [4.69, 9.17) is 5.73 Å². The van der Waals surface area contributed by atoms with E-state index >= 15 is 0 Å². The highest BCUT2D eigenvalue weighted by Crippen LogP contribution is 2.49. The van der Waals surface area contributed by atoms with Gasteiger partial charge in [-0.3, -0.25) is 34.9 Å². The van der Waals surface area contributed by atoms with Crippen molar-refractivity contribution in [3.8, 4) is 28.4 Å². The van der Waals surface area contributed by atoms with E-state index in [0.29, 0.717) is 12.1 Å². The van der Waals surface area contributed by atoms with Crippen molar-refractivity contribution in [3.63, 3.8) is 0 Å². The number of benzene rings is 4. The van der Waals surface area contributed by atoms with Crippen LogP contribution in [0.3, 0.4) is 0 Å². The van der Waals surface area contributed by atoms with Crippen molar-refractivity contribution in [3.05, 3.63) is 91.0 Å². The molecule has 0 aliphatic rings. The van der Waals surface area contributed by atoms with E-state index in [-0.39, 0.29) is 17.1 Å². The van der Waals surface area contributed by atoms with Crippen LogP contribution in [0.2, 0.25) is 0 Å². The fourth-order valence-corrected chi connectivity index (χ4v) is 4.51. The van der Waals surface area contributed by atoms with Crippen LogP contribution in [0, 0.1) is 30.3 Å². The molecular formula is C24H16N8O12S. The van der Waals surface area contributed by atoms with Gasteiger partial charge in [0.1, 0.15) is 16.3 Å². The Labute approximate surface area is 249 Å². The summed E-state index contributed by atoms with van der Waals surface area (Å²) < 4.78 is 33.6. The normalized spacial score (nSPS) is 11.7. The number of azo groups is 2. The minimum absolute atomic E-state index is 0.104. The molecule has 0 amide bonds. The molecular weight excluding hydrogens is 624 g/mol. The first kappa shape index (κ1) is 31.3. The van der Waals surface area contributed by atoms with Crippen LogP contribution in [0.15, 0.2) is 86.0 Å². The molecule has 0 bridgehead atoms. The van der Waals surface area contributed by atoms with Crippen molar-refractivity contribution < 1.29 is 43.1 Å². The third-order valence-electron chi connectivity index (χ3n) is 5.86. The minimum atomic E-state index is -5.09. The van der Waals surface area contributed by atoms with Gasteiger partial charge in [-0.1, -0.05) is 0 Å². The Morgan fingerprint density at radius 3 is 1.80 bits per heavy atom. The summed E-state index contributed by atoms with van der Waals surface area (Å²) >= 11 is 0. The number of nitrogen functional groups attached to an aromatic ring is 1. The molecule has 21 heteroatoms. The van der Waals surface area contributed by atoms with E-state index in [1.807, 2.05) is 0 Å². The van der Waals surface area contributed by atoms with E-state index < -0.39 is 86.6 Å². The van der Waals surface area contributed by atoms with Crippen LogP contribution in [0.4, 0.5) is 45.5 Å². The second-order valence-corrected chi connectivity index (χ2v) is 10.1. The van der Waals surface area contributed by atoms with Gasteiger partial charge in [0.2, 0.25) is 5.75 Å². The Kier molecular flexibility index (Phi) is 8.31. The fraction of sp³-hybridized carbons (Fsp3) is 0. The van der Waals surface area contributed by atoms with Gasteiger partial charge < -0.3 is 21.1 Å². The summed E-state index contributed by atoms with van der Waals surface area (Å²) in [5.41, 5.74) is 1.32. The molecule has 0 aliphatic carbocycles. The Morgan fingerprint density at radius 2 is 1.27 bits per heavy atom. The quantitative estimate of drug-likeness (QED) is 0.0471. The lowest BCUT2D eigenvalue weighted by Gasteiger charge is -2.14. The van der Waals surface area contributed by atoms with Gasteiger partial charge in [-0.15, -0.1) is 10.2 Å². The summed E-state index contributed by atoms with van der Waals surface area (Å²) in [5.74, 6) is -2.58. The molecule has 4 aromatic rings. The van der Waals surface area contributed by atoms with Crippen molar-refractivity contribution in [1.82, 2.24) is 0 Å². The molecule has 0 aliphatic heterocycles. The summed E-state index contributed by atoms with van der Waals surface area (Å²) in [6.45, 7) is 0. The number of non-ortho nitro benzene ring substituents is 2. The monoisotopic (exact) mass is 640 g/mol. The van der Waals surface area contributed by atoms with Crippen LogP contribution < -0.4 is 5.73 Å². The summed E-state index contributed by atoms with van der Waals surface area (Å²) in [4.78, 5) is 29.4. The number of phenols is 3. The Bertz CT molecular complexity index is 2070. The van der Waals surface area contributed by atoms with Crippen molar-refractivity contribution in [2.45, 2.75) is 4.90 Å². The average molecular weight is 641 g/mol. The summed E-state index contributed by atoms with van der Waals surface area (Å²) in [6.07, 6.45) is 0. The van der Waals surface area contributed by atoms with E-state index in [9.17, 15) is 58.6 Å². The van der Waals surface area contributed by atoms with Gasteiger partial charge in [0.25, 0.3) is 21.5 Å². The van der Waals surface area contributed by atoms with Crippen LogP contribution in [-0.4, -0.2) is 43.1 Å². The van der Waals surface area contributed by atoms with Crippen LogP contribution in [0.1, 0.15) is 0 Å². The zero-order valence-electron chi connectivity index (χ0n) is 21.9. The smallest absolute Gasteiger partial charge is 0.319 e. The summed E-state index contributed by atoms with van der Waals surface area (Å²) in [7, 11) is -5.09. The van der Waals surface area contributed by atoms with E-state index in [2.05, 4.69) is 20.5 Å². The highest BCUT2D eigenvalue weighted by molar-refractivity contribution is 7.86. The molecule has 4 rings (SSSR count). The average Bonchev–Trinajstić information content (AvgIpc) is 2.96. The molecule has 4 aromatic carbocycles. The molecule has 0 aromatic heterocycles. The first-order valence-corrected chi connectivity index (χ1v) is 13.2. The van der Waals surface area contributed by atoms with Gasteiger partial charge in [-0.25, -0.2) is 0 Å². The number of nitrogens with zero attached hydrogens (tertiary/aromatic N) is 7. The van der Waals surface area contributed by atoms with Gasteiger partial charge in [-0.05, 0) is 30.3 Å². The van der Waals surface area contributed by atoms with Crippen molar-refractivity contribution >= 4 is 55.6 Å². The van der Waals surface area contributed by atoms with Crippen LogP contribution in [0.25, 0.3) is 11.1 Å². The number of phenolic OH excluding ortho intramolecular Hbond substituents is 3. The first-order valence-electron chi connectivity index (χ1n) is 11.8. The SMILES string of the molecule is Nc1cc(O)c(-c2ccc([N+](=O)[O-])cc2S(=O)(=O)O)c(O)c1N=Nc1ccc(N=Nc2cc([N+](=O)[O-])cc([N+](=O)[O-])c2O)cc1. The molecule has 0 heterocycles. The van der Waals surface area contributed by atoms with Crippen LogP contribution >= 0.6 is 0 Å². The van der Waals surface area contributed by atoms with Crippen LogP contribution in [0.5, 0.6) is 17.2 Å². The lowest BCUT2D eigenvalue weighted by molar-refractivity contribution is -0.394. The lowest BCUT2D eigenvalue weighted by atomic mass is 10.0. The third-order valence-corrected chi connectivity index (χ3v) is 6.75. The Morgan fingerprint density at radius 1 is 0.689 bits per heavy atom. The number of nitrogens with two attached hydrogens (primary N) is 1. The van der Waals surface area contributed by atoms with Gasteiger partial charge in [-0.2, -0.15) is 18.6 Å². The molecule has 20 nitrogen and oxygen atoms in total. The summed E-state index contributed by atoms with van der Waals surface area (Å²) in [5, 5.41) is 79.8. The molecule has 0 unspecified atom stereocenters. The first-order chi connectivity index (χ1) is 21.1. The highest BCUT2D eigenvalue weighted by atomic mass is 32.2. The highest BCUT2D eigenvalue weighted by Gasteiger charge is 2.27. The molecule has 0 atom stereocenters. The number of hydrogen-bond acceptors (Lipinski definition) is 16. The van der Waals surface area contributed by atoms with Gasteiger partial charge >= 0.3 is 5.69 Å². The predicted octanol–water partition coefficient (Wildman–Crippen LogP) is 5.85. The number of nitro benzene ring substituents is 3. The van der Waals surface area contributed by atoms with E-state index in [1.165, 1.54) is 24.3 Å². The number of rotatable bonds is 9. The number of anilines is 1.